The van der Waals surface area contributed by atoms with Crippen molar-refractivity contribution in [2.45, 2.75) is 45.3 Å². The van der Waals surface area contributed by atoms with Gasteiger partial charge in [-0.1, -0.05) is 13.0 Å². The number of methoxy groups -OCH3 is 1. The van der Waals surface area contributed by atoms with E-state index in [1.165, 1.54) is 13.8 Å². The van der Waals surface area contributed by atoms with Gasteiger partial charge in [0.05, 0.1) is 13.0 Å². The molecule has 0 N–H and O–H groups in total. The molecule has 0 aromatic heterocycles. The van der Waals surface area contributed by atoms with Gasteiger partial charge in [-0.05, 0) is 18.6 Å². The van der Waals surface area contributed by atoms with E-state index in [0.29, 0.717) is 17.9 Å². The summed E-state index contributed by atoms with van der Waals surface area (Å²) < 4.78 is 22.6. The van der Waals surface area contributed by atoms with Crippen molar-refractivity contribution in [3.8, 4) is 11.5 Å². The van der Waals surface area contributed by atoms with Crippen molar-refractivity contribution in [1.29, 1.82) is 0 Å². The zero-order valence-corrected chi connectivity index (χ0v) is 15.9. The summed E-state index contributed by atoms with van der Waals surface area (Å²) in [7, 11) is 1.56. The Kier molecular flexibility index (Phi) is 5.13. The summed E-state index contributed by atoms with van der Waals surface area (Å²) in [6, 6.07) is 5.37. The van der Waals surface area contributed by atoms with Gasteiger partial charge in [0.15, 0.2) is 5.60 Å². The molecule has 0 unspecified atom stereocenters. The van der Waals surface area contributed by atoms with Gasteiger partial charge in [0.2, 0.25) is 0 Å². The van der Waals surface area contributed by atoms with Gasteiger partial charge in [0.25, 0.3) is 0 Å². The van der Waals surface area contributed by atoms with Gasteiger partial charge in [-0.2, -0.15) is 0 Å². The number of hydrogen-bond donors (Lipinski definition) is 0. The van der Waals surface area contributed by atoms with Crippen LogP contribution in [-0.2, 0) is 30.3 Å². The molecule has 0 saturated heterocycles. The predicted molar refractivity (Wildman–Crippen MR) is 94.5 cm³/mol. The molecule has 3 rings (SSSR count). The summed E-state index contributed by atoms with van der Waals surface area (Å²) in [6.07, 6.45) is -0.0845. The van der Waals surface area contributed by atoms with E-state index in [0.717, 1.165) is 5.56 Å². The Bertz CT molecular complexity index is 772. The number of ether oxygens (including phenoxy) is 4. The fourth-order valence-electron chi connectivity index (χ4n) is 4.20. The Morgan fingerprint density at radius 1 is 1.22 bits per heavy atom. The van der Waals surface area contributed by atoms with E-state index in [9.17, 15) is 14.4 Å². The Morgan fingerprint density at radius 2 is 1.96 bits per heavy atom. The summed E-state index contributed by atoms with van der Waals surface area (Å²) in [4.78, 5) is 36.2. The molecule has 7 heteroatoms. The lowest BCUT2D eigenvalue weighted by atomic mass is 9.65. The first kappa shape index (κ1) is 19.2. The number of hydrogen-bond acceptors (Lipinski definition) is 7. The SMILES string of the molecule is COc1cccc2c1C[C@@H]1C(=O)C[C@@H](C)[C@H](OC(C)=O)[C@@]1(COC(C)=O)O2. The van der Waals surface area contributed by atoms with Crippen LogP contribution in [0.4, 0.5) is 0 Å². The van der Waals surface area contributed by atoms with Crippen molar-refractivity contribution in [3.63, 3.8) is 0 Å². The first-order valence-electron chi connectivity index (χ1n) is 8.96. The molecule has 1 aliphatic heterocycles. The van der Waals surface area contributed by atoms with Crippen LogP contribution >= 0.6 is 0 Å². The number of rotatable bonds is 4. The van der Waals surface area contributed by atoms with E-state index in [2.05, 4.69) is 0 Å². The van der Waals surface area contributed by atoms with Crippen LogP contribution in [0.15, 0.2) is 18.2 Å². The molecular weight excluding hydrogens is 352 g/mol. The molecule has 1 fully saturated rings. The average molecular weight is 376 g/mol. The minimum atomic E-state index is -1.26. The number of Topliss-reactive ketones (excluding diaryl/α,β-unsaturated/α-hetero) is 1. The maximum atomic E-state index is 12.9. The average Bonchev–Trinajstić information content (AvgIpc) is 2.61. The fraction of sp³-hybridized carbons (Fsp3) is 0.550. The van der Waals surface area contributed by atoms with Crippen molar-refractivity contribution < 1.29 is 33.3 Å². The third-order valence-corrected chi connectivity index (χ3v) is 5.31. The second-order valence-electron chi connectivity index (χ2n) is 7.21. The first-order valence-corrected chi connectivity index (χ1v) is 8.96. The van der Waals surface area contributed by atoms with Crippen LogP contribution in [0.5, 0.6) is 11.5 Å². The van der Waals surface area contributed by atoms with E-state index >= 15 is 0 Å². The van der Waals surface area contributed by atoms with Crippen molar-refractivity contribution in [3.05, 3.63) is 23.8 Å². The number of ketones is 1. The molecule has 146 valence electrons. The summed E-state index contributed by atoms with van der Waals surface area (Å²) in [5, 5.41) is 0. The van der Waals surface area contributed by atoms with Crippen LogP contribution in [0.1, 0.15) is 32.8 Å². The van der Waals surface area contributed by atoms with Gasteiger partial charge in [-0.15, -0.1) is 0 Å². The van der Waals surface area contributed by atoms with Gasteiger partial charge >= 0.3 is 11.9 Å². The standard InChI is InChI=1S/C20H24O7/c1-11-8-16(23)15-9-14-17(24-4)6-5-7-18(14)27-20(15,10-25-12(2)21)19(11)26-13(3)22/h5-7,11,15,19H,8-10H2,1-4H3/t11-,15-,19+,20+/m1/s1. The van der Waals surface area contributed by atoms with Crippen LogP contribution < -0.4 is 9.47 Å². The molecule has 0 bridgehead atoms. The van der Waals surface area contributed by atoms with Crippen molar-refractivity contribution in [2.24, 2.45) is 11.8 Å². The van der Waals surface area contributed by atoms with E-state index in [1.807, 2.05) is 6.92 Å². The maximum absolute atomic E-state index is 12.9. The Balaban J connectivity index is 2.12. The van der Waals surface area contributed by atoms with Crippen molar-refractivity contribution in [2.75, 3.05) is 13.7 Å². The highest BCUT2D eigenvalue weighted by Gasteiger charge is 2.61. The number of carbonyl (C=O) groups is 3. The third-order valence-electron chi connectivity index (χ3n) is 5.31. The lowest BCUT2D eigenvalue weighted by molar-refractivity contribution is -0.202. The molecule has 0 amide bonds. The number of fused-ring (bicyclic) bond motifs is 2. The largest absolute Gasteiger partial charge is 0.496 e. The lowest BCUT2D eigenvalue weighted by Crippen LogP contribution is -2.67. The van der Waals surface area contributed by atoms with Crippen molar-refractivity contribution in [1.82, 2.24) is 0 Å². The highest BCUT2D eigenvalue weighted by molar-refractivity contribution is 5.85. The van der Waals surface area contributed by atoms with Gasteiger partial charge in [0.1, 0.15) is 30.0 Å². The predicted octanol–water partition coefficient (Wildman–Crippen LogP) is 2.09. The molecule has 7 nitrogen and oxygen atoms in total. The molecule has 1 aromatic rings. The van der Waals surface area contributed by atoms with Gasteiger partial charge in [-0.3, -0.25) is 14.4 Å². The minimum Gasteiger partial charge on any atom is -0.496 e. The first-order chi connectivity index (χ1) is 12.8. The van der Waals surface area contributed by atoms with Crippen LogP contribution in [0.2, 0.25) is 0 Å². The molecule has 1 aromatic carbocycles. The highest BCUT2D eigenvalue weighted by Crippen LogP contribution is 2.49. The fourth-order valence-corrected chi connectivity index (χ4v) is 4.20. The van der Waals surface area contributed by atoms with Gasteiger partial charge < -0.3 is 18.9 Å². The number of carbonyl (C=O) groups excluding carboxylic acids is 3. The molecule has 2 aliphatic rings. The smallest absolute Gasteiger partial charge is 0.303 e. The quantitative estimate of drug-likeness (QED) is 0.744. The topological polar surface area (TPSA) is 88.1 Å². The molecule has 0 radical (unpaired) electrons. The molecular formula is C20H24O7. The van der Waals surface area contributed by atoms with Gasteiger partial charge in [0, 0.05) is 31.7 Å². The number of esters is 2. The molecule has 1 saturated carbocycles. The van der Waals surface area contributed by atoms with E-state index in [1.54, 1.807) is 25.3 Å². The highest BCUT2D eigenvalue weighted by atomic mass is 16.6. The molecule has 0 spiro atoms. The zero-order valence-electron chi connectivity index (χ0n) is 15.9. The van der Waals surface area contributed by atoms with Gasteiger partial charge in [-0.25, -0.2) is 0 Å². The normalized spacial score (nSPS) is 29.0. The minimum absolute atomic E-state index is 0.00499. The monoisotopic (exact) mass is 376 g/mol. The second kappa shape index (κ2) is 7.21. The summed E-state index contributed by atoms with van der Waals surface area (Å²) in [5.41, 5.74) is -0.473. The molecule has 1 aliphatic carbocycles. The lowest BCUT2D eigenvalue weighted by Gasteiger charge is -2.51. The van der Waals surface area contributed by atoms with E-state index in [-0.39, 0.29) is 24.7 Å². The summed E-state index contributed by atoms with van der Waals surface area (Å²) in [5.74, 6) is -0.672. The summed E-state index contributed by atoms with van der Waals surface area (Å²) in [6.45, 7) is 4.28. The zero-order chi connectivity index (χ0) is 19.8. The third kappa shape index (κ3) is 3.38. The second-order valence-corrected chi connectivity index (χ2v) is 7.21. The maximum Gasteiger partial charge on any atom is 0.303 e. The van der Waals surface area contributed by atoms with E-state index in [4.69, 9.17) is 18.9 Å². The Hall–Kier alpha value is -2.57. The summed E-state index contributed by atoms with van der Waals surface area (Å²) >= 11 is 0. The van der Waals surface area contributed by atoms with Crippen LogP contribution in [0.25, 0.3) is 0 Å². The van der Waals surface area contributed by atoms with Crippen LogP contribution in [0, 0.1) is 11.8 Å². The molecule has 4 atom stereocenters. The van der Waals surface area contributed by atoms with Crippen LogP contribution in [0.3, 0.4) is 0 Å². The van der Waals surface area contributed by atoms with E-state index < -0.39 is 29.6 Å². The van der Waals surface area contributed by atoms with Crippen molar-refractivity contribution >= 4 is 17.7 Å². The Labute approximate surface area is 157 Å². The van der Waals surface area contributed by atoms with Crippen LogP contribution in [-0.4, -0.2) is 43.1 Å². The number of benzene rings is 1. The molecule has 27 heavy (non-hydrogen) atoms. The molecule has 1 heterocycles. The Morgan fingerprint density at radius 3 is 2.59 bits per heavy atom.